The first-order valence-corrected chi connectivity index (χ1v) is 18.3. The Morgan fingerprint density at radius 3 is 2.40 bits per heavy atom. The molecule has 8 rings (SSSR count). The van der Waals surface area contributed by atoms with Crippen molar-refractivity contribution in [2.24, 2.45) is 5.92 Å². The zero-order valence-electron chi connectivity index (χ0n) is 29.6. The predicted molar refractivity (Wildman–Crippen MR) is 202 cm³/mol. The number of phenolic OH excluding ortho intramolecular Hbond substituents is 1. The number of H-pyrrole nitrogens is 1. The second-order valence-electron chi connectivity index (χ2n) is 14.2. The lowest BCUT2D eigenvalue weighted by Crippen LogP contribution is -2.52. The summed E-state index contributed by atoms with van der Waals surface area (Å²) in [6.45, 7) is 3.68. The van der Waals surface area contributed by atoms with Crippen LogP contribution >= 0.6 is 0 Å². The number of piperidine rings is 3. The summed E-state index contributed by atoms with van der Waals surface area (Å²) < 4.78 is 12.0. The molecule has 5 aromatic rings. The van der Waals surface area contributed by atoms with E-state index in [9.17, 15) is 24.6 Å². The van der Waals surface area contributed by atoms with Crippen LogP contribution in [0.5, 0.6) is 11.5 Å². The molecule has 3 saturated heterocycles. The Kier molecular flexibility index (Phi) is 11.3. The zero-order valence-corrected chi connectivity index (χ0v) is 29.6. The third-order valence-corrected chi connectivity index (χ3v) is 10.5. The summed E-state index contributed by atoms with van der Waals surface area (Å²) in [5.74, 6) is 0.501. The molecule has 0 amide bonds. The number of aliphatic hydroxyl groups excluding tert-OH is 1. The van der Waals surface area contributed by atoms with Crippen LogP contribution in [0.3, 0.4) is 0 Å². The lowest BCUT2D eigenvalue weighted by atomic mass is 9.85. The van der Waals surface area contributed by atoms with Gasteiger partial charge in [0, 0.05) is 43.4 Å². The van der Waals surface area contributed by atoms with E-state index in [4.69, 9.17) is 9.47 Å². The number of pyridine rings is 1. The average molecular weight is 716 g/mol. The van der Waals surface area contributed by atoms with Crippen molar-refractivity contribution in [3.63, 3.8) is 0 Å². The second kappa shape index (κ2) is 16.6. The maximum Gasteiger partial charge on any atom is 0.307 e. The number of nitrogens with zero attached hydrogens (tertiary/aromatic N) is 1. The van der Waals surface area contributed by atoms with E-state index in [0.717, 1.165) is 54.7 Å². The van der Waals surface area contributed by atoms with Crippen LogP contribution in [0.2, 0.25) is 0 Å². The van der Waals surface area contributed by atoms with Gasteiger partial charge in [-0.1, -0.05) is 72.8 Å². The number of nitrogens with one attached hydrogen (secondary N) is 2. The van der Waals surface area contributed by atoms with Crippen LogP contribution in [0.25, 0.3) is 10.9 Å². The first-order valence-electron chi connectivity index (χ1n) is 18.3. The van der Waals surface area contributed by atoms with Gasteiger partial charge in [-0.05, 0) is 83.9 Å². The van der Waals surface area contributed by atoms with Crippen LogP contribution < -0.4 is 15.6 Å². The Hall–Kier alpha value is -5.29. The molecule has 3 atom stereocenters. The zero-order chi connectivity index (χ0) is 36.7. The summed E-state index contributed by atoms with van der Waals surface area (Å²) in [5, 5.41) is 24.8. The van der Waals surface area contributed by atoms with Crippen molar-refractivity contribution in [1.82, 2.24) is 15.2 Å². The molecule has 0 spiro atoms. The number of aromatic nitrogens is 1. The predicted octanol–water partition coefficient (Wildman–Crippen LogP) is 5.41. The number of benzene rings is 4. The van der Waals surface area contributed by atoms with Gasteiger partial charge in [-0.3, -0.25) is 19.3 Å². The summed E-state index contributed by atoms with van der Waals surface area (Å²) in [5.41, 5.74) is 4.36. The van der Waals surface area contributed by atoms with Gasteiger partial charge in [0.25, 0.3) is 0 Å². The normalized spacial score (nSPS) is 19.1. The highest BCUT2D eigenvalue weighted by Gasteiger charge is 2.37. The Morgan fingerprint density at radius 2 is 1.64 bits per heavy atom. The second-order valence-corrected chi connectivity index (χ2v) is 14.2. The number of carbonyl (C=O) groups is 2. The van der Waals surface area contributed by atoms with Gasteiger partial charge < -0.3 is 30.0 Å². The Labute approximate surface area is 308 Å². The quantitative estimate of drug-likeness (QED) is 0.105. The van der Waals surface area contributed by atoms with Crippen LogP contribution in [0, 0.1) is 5.92 Å². The number of esters is 1. The summed E-state index contributed by atoms with van der Waals surface area (Å²) in [7, 11) is 0. The van der Waals surface area contributed by atoms with Crippen LogP contribution in [-0.4, -0.2) is 70.7 Å². The Bertz CT molecular complexity index is 2090. The molecular formula is C43H45N3O7. The van der Waals surface area contributed by atoms with Gasteiger partial charge in [0.05, 0.1) is 18.0 Å². The van der Waals surface area contributed by atoms with E-state index in [2.05, 4.69) is 15.2 Å². The smallest absolute Gasteiger partial charge is 0.307 e. The van der Waals surface area contributed by atoms with Gasteiger partial charge in [-0.2, -0.15) is 0 Å². The van der Waals surface area contributed by atoms with Crippen LogP contribution in [0.4, 0.5) is 0 Å². The number of aliphatic hydroxyl groups is 1. The number of hydrogen-bond donors (Lipinski definition) is 4. The van der Waals surface area contributed by atoms with Crippen molar-refractivity contribution in [2.75, 3.05) is 32.8 Å². The Morgan fingerprint density at radius 1 is 0.887 bits per heavy atom. The summed E-state index contributed by atoms with van der Waals surface area (Å²) in [4.78, 5) is 42.9. The van der Waals surface area contributed by atoms with Gasteiger partial charge in [-0.15, -0.1) is 0 Å². The monoisotopic (exact) mass is 715 g/mol. The van der Waals surface area contributed by atoms with Gasteiger partial charge in [-0.25, -0.2) is 0 Å². The standard InChI is InChI=1S/C43H45N3O7/c47-33(21-28-9-11-29(12-10-28)24-44-25-39(49)35-13-15-38(48)43-36(35)14-16-41(50)45-43)27-52-34-8-4-7-32(22-34)37(30-5-2-1-3-6-30)23-42(51)53-40-26-46-19-17-31(40)18-20-46/h1-16,22,31,37,39-40,44,48-49H,17-21,23-27H2,(H,45,50)/t37-,39-,40-/m0/s1. The molecule has 10 nitrogen and oxygen atoms in total. The molecule has 3 fully saturated rings. The lowest BCUT2D eigenvalue weighted by molar-refractivity contribution is -0.159. The average Bonchev–Trinajstić information content (AvgIpc) is 3.18. The summed E-state index contributed by atoms with van der Waals surface area (Å²) >= 11 is 0. The van der Waals surface area contributed by atoms with Crippen molar-refractivity contribution >= 4 is 22.7 Å². The lowest BCUT2D eigenvalue weighted by Gasteiger charge is -2.44. The van der Waals surface area contributed by atoms with E-state index >= 15 is 0 Å². The van der Waals surface area contributed by atoms with E-state index < -0.39 is 6.10 Å². The number of aromatic hydroxyl groups is 1. The minimum Gasteiger partial charge on any atom is -0.506 e. The number of hydrogen-bond acceptors (Lipinski definition) is 9. The van der Waals surface area contributed by atoms with Crippen molar-refractivity contribution in [3.8, 4) is 11.5 Å². The molecule has 274 valence electrons. The first kappa shape index (κ1) is 36.1. The fraction of sp³-hybridized carbons (Fsp3) is 0.326. The number of fused-ring (bicyclic) bond motifs is 4. The summed E-state index contributed by atoms with van der Waals surface area (Å²) in [6.07, 6.45) is 1.72. The van der Waals surface area contributed by atoms with Crippen LogP contribution in [0.15, 0.2) is 108 Å². The molecule has 3 aliphatic rings. The molecule has 0 aliphatic carbocycles. The maximum atomic E-state index is 13.3. The van der Waals surface area contributed by atoms with Crippen molar-refractivity contribution in [3.05, 3.63) is 141 Å². The molecule has 2 bridgehead atoms. The molecule has 0 unspecified atom stereocenters. The van der Waals surface area contributed by atoms with Gasteiger partial charge >= 0.3 is 5.97 Å². The van der Waals surface area contributed by atoms with E-state index in [1.54, 1.807) is 12.1 Å². The van der Waals surface area contributed by atoms with E-state index in [-0.39, 0.29) is 61.1 Å². The molecule has 10 heteroatoms. The molecule has 4 aromatic carbocycles. The topological polar surface area (TPSA) is 141 Å². The summed E-state index contributed by atoms with van der Waals surface area (Å²) in [6, 6.07) is 31.4. The number of ether oxygens (including phenoxy) is 2. The van der Waals surface area contributed by atoms with Gasteiger partial charge in [0.15, 0.2) is 5.78 Å². The molecule has 53 heavy (non-hydrogen) atoms. The number of phenols is 1. The highest BCUT2D eigenvalue weighted by atomic mass is 16.5. The molecule has 4 N–H and O–H groups in total. The number of ketones is 1. The number of aromatic amines is 1. The third-order valence-electron chi connectivity index (χ3n) is 10.5. The fourth-order valence-electron chi connectivity index (χ4n) is 7.59. The SMILES string of the molecule is O=C(COc1cccc([C@@H](CC(=O)O[C@H]2CN3CCC2CC3)c2ccccc2)c1)Cc1ccc(CNC[C@H](O)c2ccc(O)c3[nH]c(=O)ccc23)cc1. The van der Waals surface area contributed by atoms with Crippen molar-refractivity contribution in [1.29, 1.82) is 0 Å². The molecule has 0 saturated carbocycles. The van der Waals surface area contributed by atoms with Gasteiger partial charge in [0.2, 0.25) is 5.56 Å². The van der Waals surface area contributed by atoms with E-state index in [1.165, 1.54) is 12.1 Å². The largest absolute Gasteiger partial charge is 0.506 e. The molecular weight excluding hydrogens is 670 g/mol. The number of rotatable bonds is 15. The highest BCUT2D eigenvalue weighted by Crippen LogP contribution is 2.34. The minimum atomic E-state index is -0.859. The minimum absolute atomic E-state index is 0.0384. The molecule has 3 aliphatic heterocycles. The molecule has 1 aromatic heterocycles. The van der Waals surface area contributed by atoms with Crippen molar-refractivity contribution in [2.45, 2.75) is 50.4 Å². The number of Topliss-reactive ketones (excluding diaryl/α,β-unsaturated/α-hetero) is 1. The third kappa shape index (κ3) is 9.03. The van der Waals surface area contributed by atoms with Crippen LogP contribution in [-0.2, 0) is 27.3 Å². The Balaban J connectivity index is 0.902. The molecule has 0 radical (unpaired) electrons. The fourth-order valence-corrected chi connectivity index (χ4v) is 7.59. The number of carbonyl (C=O) groups excluding carboxylic acids is 2. The first-order chi connectivity index (χ1) is 25.8. The van der Waals surface area contributed by atoms with E-state index in [1.807, 2.05) is 78.9 Å². The van der Waals surface area contributed by atoms with Gasteiger partial charge in [0.1, 0.15) is 24.2 Å². The molecule has 4 heterocycles. The highest BCUT2D eigenvalue weighted by molar-refractivity contribution is 5.87. The maximum absolute atomic E-state index is 13.3. The van der Waals surface area contributed by atoms with Crippen molar-refractivity contribution < 1.29 is 29.3 Å². The van der Waals surface area contributed by atoms with E-state index in [0.29, 0.717) is 34.7 Å². The van der Waals surface area contributed by atoms with Crippen LogP contribution in [0.1, 0.15) is 59.1 Å².